The summed E-state index contributed by atoms with van der Waals surface area (Å²) in [7, 11) is 0. The molecule has 0 unspecified atom stereocenters. The number of aromatic carboxylic acids is 1. The zero-order valence-electron chi connectivity index (χ0n) is 12.6. The van der Waals surface area contributed by atoms with Gasteiger partial charge >= 0.3 is 5.97 Å². The van der Waals surface area contributed by atoms with Crippen LogP contribution in [-0.2, 0) is 6.42 Å². The molecular weight excluding hydrogens is 292 g/mol. The van der Waals surface area contributed by atoms with Crippen LogP contribution in [0.15, 0.2) is 54.7 Å². The van der Waals surface area contributed by atoms with Crippen LogP contribution in [0.1, 0.15) is 23.1 Å². The van der Waals surface area contributed by atoms with Gasteiger partial charge in [-0.15, -0.1) is 0 Å². The number of nitrogens with zero attached hydrogens (tertiary/aromatic N) is 1. The largest absolute Gasteiger partial charge is 0.478 e. The van der Waals surface area contributed by atoms with E-state index in [2.05, 4.69) is 9.97 Å². The predicted molar refractivity (Wildman–Crippen MR) is 86.9 cm³/mol. The van der Waals surface area contributed by atoms with E-state index in [-0.39, 0.29) is 5.56 Å². The van der Waals surface area contributed by atoms with Crippen LogP contribution in [0.4, 0.5) is 0 Å². The molecule has 3 rings (SSSR count). The molecule has 0 atom stereocenters. The third-order valence-corrected chi connectivity index (χ3v) is 3.49. The summed E-state index contributed by atoms with van der Waals surface area (Å²) in [6.07, 6.45) is 2.46. The lowest BCUT2D eigenvalue weighted by Crippen LogP contribution is -1.98. The number of imidazole rings is 1. The molecule has 2 aromatic carbocycles. The second kappa shape index (κ2) is 6.36. The van der Waals surface area contributed by atoms with E-state index in [4.69, 9.17) is 4.74 Å². The van der Waals surface area contributed by atoms with Crippen molar-refractivity contribution in [2.75, 3.05) is 0 Å². The predicted octanol–water partition coefficient (Wildman–Crippen LogP) is 4.13. The first-order valence-corrected chi connectivity index (χ1v) is 7.32. The molecule has 0 aliphatic heterocycles. The normalized spacial score (nSPS) is 10.5. The highest BCUT2D eigenvalue weighted by Crippen LogP contribution is 2.27. The smallest absolute Gasteiger partial charge is 0.336 e. The zero-order chi connectivity index (χ0) is 16.2. The van der Waals surface area contributed by atoms with Gasteiger partial charge in [-0.3, -0.25) is 0 Å². The first kappa shape index (κ1) is 14.8. The molecular formula is C18H16N2O3. The molecule has 0 spiro atoms. The standard InChI is InChI=1S/C18H16N2O3/c1-2-16-19-11-17(20-16)23-13-9-7-12(8-10-13)14-5-3-4-6-15(14)18(21)22/h3-11H,2H2,1H3,(H,19,20)(H,21,22). The molecule has 0 amide bonds. The van der Waals surface area contributed by atoms with Gasteiger partial charge in [0.05, 0.1) is 11.8 Å². The lowest BCUT2D eigenvalue weighted by molar-refractivity contribution is 0.0697. The fourth-order valence-corrected chi connectivity index (χ4v) is 2.33. The maximum absolute atomic E-state index is 11.3. The van der Waals surface area contributed by atoms with Crippen LogP contribution in [0.5, 0.6) is 11.6 Å². The van der Waals surface area contributed by atoms with Crippen molar-refractivity contribution in [2.24, 2.45) is 0 Å². The van der Waals surface area contributed by atoms with E-state index < -0.39 is 5.97 Å². The van der Waals surface area contributed by atoms with Crippen LogP contribution in [-0.4, -0.2) is 21.0 Å². The summed E-state index contributed by atoms with van der Waals surface area (Å²) in [5, 5.41) is 9.27. The molecule has 5 nitrogen and oxygen atoms in total. The number of hydrogen-bond acceptors (Lipinski definition) is 3. The third-order valence-electron chi connectivity index (χ3n) is 3.49. The maximum Gasteiger partial charge on any atom is 0.336 e. The number of nitrogens with one attached hydrogen (secondary N) is 1. The molecule has 3 aromatic rings. The number of carbonyl (C=O) groups is 1. The summed E-state index contributed by atoms with van der Waals surface area (Å²) >= 11 is 0. The fraction of sp³-hybridized carbons (Fsp3) is 0.111. The van der Waals surface area contributed by atoms with Crippen LogP contribution in [0, 0.1) is 0 Å². The number of aromatic nitrogens is 2. The monoisotopic (exact) mass is 308 g/mol. The molecule has 5 heteroatoms. The second-order valence-electron chi connectivity index (χ2n) is 5.02. The summed E-state index contributed by atoms with van der Waals surface area (Å²) in [5.74, 6) is 1.17. The lowest BCUT2D eigenvalue weighted by atomic mass is 10.00. The van der Waals surface area contributed by atoms with Gasteiger partial charge in [-0.25, -0.2) is 9.78 Å². The molecule has 2 N–H and O–H groups in total. The average Bonchev–Trinajstić information content (AvgIpc) is 3.03. The number of carboxylic acid groups (broad SMARTS) is 1. The molecule has 1 aromatic heterocycles. The Hall–Kier alpha value is -3.08. The number of aromatic amines is 1. The van der Waals surface area contributed by atoms with Gasteiger partial charge in [-0.1, -0.05) is 37.3 Å². The fourth-order valence-electron chi connectivity index (χ4n) is 2.33. The molecule has 1 heterocycles. The van der Waals surface area contributed by atoms with Gasteiger partial charge in [-0.05, 0) is 29.3 Å². The Morgan fingerprint density at radius 3 is 2.57 bits per heavy atom. The number of benzene rings is 2. The van der Waals surface area contributed by atoms with E-state index in [0.29, 0.717) is 17.2 Å². The van der Waals surface area contributed by atoms with Gasteiger partial charge < -0.3 is 14.8 Å². The van der Waals surface area contributed by atoms with E-state index in [1.807, 2.05) is 25.1 Å². The van der Waals surface area contributed by atoms with Gasteiger partial charge in [0.25, 0.3) is 0 Å². The highest BCUT2D eigenvalue weighted by atomic mass is 16.5. The molecule has 0 aliphatic rings. The highest BCUT2D eigenvalue weighted by Gasteiger charge is 2.11. The average molecular weight is 308 g/mol. The van der Waals surface area contributed by atoms with Crippen molar-refractivity contribution >= 4 is 5.97 Å². The van der Waals surface area contributed by atoms with Gasteiger partial charge in [0.1, 0.15) is 11.6 Å². The first-order valence-electron chi connectivity index (χ1n) is 7.32. The highest BCUT2D eigenvalue weighted by molar-refractivity contribution is 5.96. The van der Waals surface area contributed by atoms with Crippen molar-refractivity contribution in [3.05, 3.63) is 66.1 Å². The molecule has 116 valence electrons. The minimum atomic E-state index is -0.939. The van der Waals surface area contributed by atoms with E-state index in [9.17, 15) is 9.90 Å². The van der Waals surface area contributed by atoms with Crippen LogP contribution in [0.3, 0.4) is 0 Å². The van der Waals surface area contributed by atoms with Crippen molar-refractivity contribution in [1.82, 2.24) is 9.97 Å². The van der Waals surface area contributed by atoms with Crippen LogP contribution in [0.2, 0.25) is 0 Å². The topological polar surface area (TPSA) is 75.2 Å². The number of rotatable bonds is 5. The van der Waals surface area contributed by atoms with E-state index in [0.717, 1.165) is 17.8 Å². The molecule has 0 saturated carbocycles. The van der Waals surface area contributed by atoms with Gasteiger partial charge in [0.2, 0.25) is 5.88 Å². The van der Waals surface area contributed by atoms with Gasteiger partial charge in [-0.2, -0.15) is 0 Å². The summed E-state index contributed by atoms with van der Waals surface area (Å²) in [6.45, 7) is 2.01. The molecule has 0 saturated heterocycles. The Morgan fingerprint density at radius 2 is 1.91 bits per heavy atom. The van der Waals surface area contributed by atoms with Crippen molar-refractivity contribution in [3.63, 3.8) is 0 Å². The number of carboxylic acids is 1. The van der Waals surface area contributed by atoms with E-state index >= 15 is 0 Å². The Labute approximate surface area is 133 Å². The Morgan fingerprint density at radius 1 is 1.17 bits per heavy atom. The minimum Gasteiger partial charge on any atom is -0.478 e. The van der Waals surface area contributed by atoms with E-state index in [1.165, 1.54) is 0 Å². The molecule has 23 heavy (non-hydrogen) atoms. The quantitative estimate of drug-likeness (QED) is 0.743. The molecule has 0 radical (unpaired) electrons. The zero-order valence-corrected chi connectivity index (χ0v) is 12.6. The number of ether oxygens (including phenoxy) is 1. The number of H-pyrrole nitrogens is 1. The van der Waals surface area contributed by atoms with Crippen LogP contribution < -0.4 is 4.74 Å². The number of hydrogen-bond donors (Lipinski definition) is 2. The molecule has 0 fully saturated rings. The summed E-state index contributed by atoms with van der Waals surface area (Å²) in [5.41, 5.74) is 1.79. The molecule has 0 bridgehead atoms. The summed E-state index contributed by atoms with van der Waals surface area (Å²) < 4.78 is 5.70. The van der Waals surface area contributed by atoms with Gasteiger partial charge in [0.15, 0.2) is 0 Å². The van der Waals surface area contributed by atoms with Crippen molar-refractivity contribution in [1.29, 1.82) is 0 Å². The van der Waals surface area contributed by atoms with Crippen molar-refractivity contribution in [2.45, 2.75) is 13.3 Å². The summed E-state index contributed by atoms with van der Waals surface area (Å²) in [6, 6.07) is 14.2. The van der Waals surface area contributed by atoms with Crippen molar-refractivity contribution < 1.29 is 14.6 Å². The Kier molecular flexibility index (Phi) is 4.10. The molecule has 0 aliphatic carbocycles. The minimum absolute atomic E-state index is 0.280. The number of aryl methyl sites for hydroxylation is 1. The summed E-state index contributed by atoms with van der Waals surface area (Å²) in [4.78, 5) is 18.5. The van der Waals surface area contributed by atoms with Crippen LogP contribution >= 0.6 is 0 Å². The maximum atomic E-state index is 11.3. The lowest BCUT2D eigenvalue weighted by Gasteiger charge is -2.07. The Bertz CT molecular complexity index is 822. The van der Waals surface area contributed by atoms with Crippen LogP contribution in [0.25, 0.3) is 11.1 Å². The van der Waals surface area contributed by atoms with Gasteiger partial charge in [0, 0.05) is 6.42 Å². The second-order valence-corrected chi connectivity index (χ2v) is 5.02. The third kappa shape index (κ3) is 3.23. The Balaban J connectivity index is 1.83. The first-order chi connectivity index (χ1) is 11.2. The van der Waals surface area contributed by atoms with Crippen molar-refractivity contribution in [3.8, 4) is 22.8 Å². The van der Waals surface area contributed by atoms with E-state index in [1.54, 1.807) is 36.5 Å². The SMILES string of the molecule is CCc1ncc(Oc2ccc(-c3ccccc3C(=O)O)cc2)[nH]1.